The molecular weight excluding hydrogens is 356 g/mol. The van der Waals surface area contributed by atoms with E-state index in [1.807, 2.05) is 41.8 Å². The molecule has 3 rings (SSSR count). The number of aryl methyl sites for hydroxylation is 1. The molecule has 0 saturated heterocycles. The molecule has 1 atom stereocenters. The van der Waals surface area contributed by atoms with Crippen molar-refractivity contribution in [3.8, 4) is 5.75 Å². The van der Waals surface area contributed by atoms with Gasteiger partial charge in [-0.1, -0.05) is 37.3 Å². The maximum absolute atomic E-state index is 13.1. The van der Waals surface area contributed by atoms with E-state index in [9.17, 15) is 9.59 Å². The van der Waals surface area contributed by atoms with E-state index < -0.39 is 11.9 Å². The largest absolute Gasteiger partial charge is 0.494 e. The van der Waals surface area contributed by atoms with Gasteiger partial charge in [0.1, 0.15) is 11.3 Å². The molecule has 4 N–H and O–H groups in total. The molecule has 28 heavy (non-hydrogen) atoms. The summed E-state index contributed by atoms with van der Waals surface area (Å²) in [5, 5.41) is 0. The molecule has 3 aromatic rings. The Labute approximate surface area is 163 Å². The molecule has 0 spiro atoms. The van der Waals surface area contributed by atoms with Gasteiger partial charge in [0.05, 0.1) is 18.7 Å². The molecule has 1 heterocycles. The van der Waals surface area contributed by atoms with Gasteiger partial charge < -0.3 is 20.8 Å². The highest BCUT2D eigenvalue weighted by Crippen LogP contribution is 2.29. The molecular formula is C21H24N4O3. The van der Waals surface area contributed by atoms with Gasteiger partial charge in [0, 0.05) is 12.1 Å². The van der Waals surface area contributed by atoms with Crippen molar-refractivity contribution in [1.82, 2.24) is 9.55 Å². The molecule has 0 saturated carbocycles. The van der Waals surface area contributed by atoms with Gasteiger partial charge >= 0.3 is 0 Å². The SMILES string of the molecule is CCCn1c(C(=O)C(N)Cc2ccccc2)nc2cc(C(N)=O)cc(OC)c21. The van der Waals surface area contributed by atoms with E-state index in [4.69, 9.17) is 16.2 Å². The monoisotopic (exact) mass is 380 g/mol. The van der Waals surface area contributed by atoms with E-state index in [1.165, 1.54) is 7.11 Å². The summed E-state index contributed by atoms with van der Waals surface area (Å²) in [5.74, 6) is -0.127. The predicted octanol–water partition coefficient (Wildman–Crippen LogP) is 2.31. The Bertz CT molecular complexity index is 1010. The lowest BCUT2D eigenvalue weighted by atomic mass is 10.0. The Balaban J connectivity index is 2.07. The van der Waals surface area contributed by atoms with E-state index in [2.05, 4.69) is 4.98 Å². The van der Waals surface area contributed by atoms with Crippen molar-refractivity contribution in [3.05, 3.63) is 59.4 Å². The van der Waals surface area contributed by atoms with E-state index >= 15 is 0 Å². The van der Waals surface area contributed by atoms with Crippen molar-refractivity contribution in [2.75, 3.05) is 7.11 Å². The number of hydrogen-bond donors (Lipinski definition) is 2. The van der Waals surface area contributed by atoms with Crippen LogP contribution in [0.5, 0.6) is 5.75 Å². The standard InChI is InChI=1S/C21H24N4O3/c1-3-9-25-18-16(11-14(20(23)27)12-17(18)28-2)24-21(25)19(26)15(22)10-13-7-5-4-6-8-13/h4-8,11-12,15H,3,9-10,22H2,1-2H3,(H2,23,27). The van der Waals surface area contributed by atoms with Crippen LogP contribution in [0.1, 0.15) is 39.9 Å². The summed E-state index contributed by atoms with van der Waals surface area (Å²) in [7, 11) is 1.51. The molecule has 0 aliphatic carbocycles. The topological polar surface area (TPSA) is 113 Å². The second-order valence-corrected chi connectivity index (χ2v) is 6.66. The van der Waals surface area contributed by atoms with E-state index in [-0.39, 0.29) is 17.2 Å². The Kier molecular flexibility index (Phi) is 5.75. The number of nitrogens with two attached hydrogens (primary N) is 2. The second kappa shape index (κ2) is 8.22. The number of methoxy groups -OCH3 is 1. The van der Waals surface area contributed by atoms with Crippen LogP contribution in [0.25, 0.3) is 11.0 Å². The Morgan fingerprint density at radius 1 is 1.21 bits per heavy atom. The molecule has 146 valence electrons. The van der Waals surface area contributed by atoms with Crippen LogP contribution < -0.4 is 16.2 Å². The molecule has 1 unspecified atom stereocenters. The summed E-state index contributed by atoms with van der Waals surface area (Å²) < 4.78 is 7.25. The molecule has 7 heteroatoms. The fourth-order valence-electron chi connectivity index (χ4n) is 3.28. The highest BCUT2D eigenvalue weighted by atomic mass is 16.5. The number of primary amides is 1. The number of Topliss-reactive ketones (excluding diaryl/α,β-unsaturated/α-hetero) is 1. The lowest BCUT2D eigenvalue weighted by molar-refractivity contribution is 0.0945. The molecule has 0 radical (unpaired) electrons. The van der Waals surface area contributed by atoms with Gasteiger partial charge in [0.25, 0.3) is 0 Å². The predicted molar refractivity (Wildman–Crippen MR) is 108 cm³/mol. The lowest BCUT2D eigenvalue weighted by Gasteiger charge is -2.13. The van der Waals surface area contributed by atoms with Crippen LogP contribution in [0, 0.1) is 0 Å². The summed E-state index contributed by atoms with van der Waals surface area (Å²) >= 11 is 0. The van der Waals surface area contributed by atoms with Crippen molar-refractivity contribution in [2.24, 2.45) is 11.5 Å². The van der Waals surface area contributed by atoms with Gasteiger partial charge in [-0.3, -0.25) is 9.59 Å². The normalized spacial score (nSPS) is 12.1. The number of hydrogen-bond acceptors (Lipinski definition) is 5. The summed E-state index contributed by atoms with van der Waals surface area (Å²) in [6.45, 7) is 2.58. The molecule has 0 aliphatic rings. The minimum Gasteiger partial charge on any atom is -0.494 e. The third kappa shape index (κ3) is 3.75. The Morgan fingerprint density at radius 3 is 2.54 bits per heavy atom. The zero-order valence-electron chi connectivity index (χ0n) is 16.0. The van der Waals surface area contributed by atoms with Gasteiger partial charge in [-0.25, -0.2) is 4.98 Å². The summed E-state index contributed by atoms with van der Waals surface area (Å²) in [4.78, 5) is 29.2. The number of ketones is 1. The number of fused-ring (bicyclic) bond motifs is 1. The smallest absolute Gasteiger partial charge is 0.248 e. The second-order valence-electron chi connectivity index (χ2n) is 6.66. The van der Waals surface area contributed by atoms with E-state index in [1.54, 1.807) is 12.1 Å². The van der Waals surface area contributed by atoms with Crippen LogP contribution in [0.4, 0.5) is 0 Å². The molecule has 2 aromatic carbocycles. The number of ether oxygens (including phenoxy) is 1. The Hall–Kier alpha value is -3.19. The number of nitrogens with zero attached hydrogens (tertiary/aromatic N) is 2. The van der Waals surface area contributed by atoms with E-state index in [0.29, 0.717) is 29.7 Å². The third-order valence-electron chi connectivity index (χ3n) is 4.61. The van der Waals surface area contributed by atoms with Gasteiger partial charge in [0.2, 0.25) is 11.7 Å². The average Bonchev–Trinajstić information content (AvgIpc) is 3.06. The number of rotatable bonds is 8. The zero-order valence-corrected chi connectivity index (χ0v) is 16.0. The third-order valence-corrected chi connectivity index (χ3v) is 4.61. The fraction of sp³-hybridized carbons (Fsp3) is 0.286. The minimum absolute atomic E-state index is 0.254. The van der Waals surface area contributed by atoms with Crippen LogP contribution in [0.15, 0.2) is 42.5 Å². The van der Waals surface area contributed by atoms with Crippen molar-refractivity contribution in [3.63, 3.8) is 0 Å². The number of imidazole rings is 1. The molecule has 0 bridgehead atoms. The number of carbonyl (C=O) groups excluding carboxylic acids is 2. The van der Waals surface area contributed by atoms with Gasteiger partial charge in [0.15, 0.2) is 5.82 Å². The van der Waals surface area contributed by atoms with Gasteiger partial charge in [-0.15, -0.1) is 0 Å². The molecule has 1 aromatic heterocycles. The van der Waals surface area contributed by atoms with E-state index in [0.717, 1.165) is 12.0 Å². The first-order valence-corrected chi connectivity index (χ1v) is 9.18. The van der Waals surface area contributed by atoms with Crippen molar-refractivity contribution in [1.29, 1.82) is 0 Å². The molecule has 1 amide bonds. The van der Waals surface area contributed by atoms with Crippen LogP contribution in [0.3, 0.4) is 0 Å². The van der Waals surface area contributed by atoms with Gasteiger partial charge in [-0.2, -0.15) is 0 Å². The van der Waals surface area contributed by atoms with Crippen molar-refractivity contribution < 1.29 is 14.3 Å². The molecule has 0 aliphatic heterocycles. The van der Waals surface area contributed by atoms with Crippen LogP contribution >= 0.6 is 0 Å². The highest BCUT2D eigenvalue weighted by molar-refractivity contribution is 6.03. The summed E-state index contributed by atoms with van der Waals surface area (Å²) in [6, 6.07) is 12.0. The number of carbonyl (C=O) groups is 2. The average molecular weight is 380 g/mol. The Morgan fingerprint density at radius 2 is 1.93 bits per heavy atom. The molecule has 7 nitrogen and oxygen atoms in total. The number of aromatic nitrogens is 2. The number of amides is 1. The minimum atomic E-state index is -0.726. The van der Waals surface area contributed by atoms with Crippen LogP contribution in [-0.2, 0) is 13.0 Å². The highest BCUT2D eigenvalue weighted by Gasteiger charge is 2.25. The fourth-order valence-corrected chi connectivity index (χ4v) is 3.28. The van der Waals surface area contributed by atoms with Gasteiger partial charge in [-0.05, 0) is 30.5 Å². The number of benzene rings is 2. The summed E-state index contributed by atoms with van der Waals surface area (Å²) in [5.41, 5.74) is 14.0. The van der Waals surface area contributed by atoms with Crippen LogP contribution in [0.2, 0.25) is 0 Å². The first kappa shape index (κ1) is 19.6. The first-order valence-electron chi connectivity index (χ1n) is 9.18. The quantitative estimate of drug-likeness (QED) is 0.582. The molecule has 0 fully saturated rings. The van der Waals surface area contributed by atoms with Crippen molar-refractivity contribution >= 4 is 22.7 Å². The van der Waals surface area contributed by atoms with Crippen molar-refractivity contribution in [2.45, 2.75) is 32.4 Å². The first-order chi connectivity index (χ1) is 13.5. The maximum atomic E-state index is 13.1. The van der Waals surface area contributed by atoms with Crippen LogP contribution in [-0.4, -0.2) is 34.4 Å². The zero-order chi connectivity index (χ0) is 20.3. The summed E-state index contributed by atoms with van der Waals surface area (Å²) in [6.07, 6.45) is 1.21. The lowest BCUT2D eigenvalue weighted by Crippen LogP contribution is -2.34. The maximum Gasteiger partial charge on any atom is 0.248 e.